The van der Waals surface area contributed by atoms with Gasteiger partial charge in [0.25, 0.3) is 0 Å². The Morgan fingerprint density at radius 1 is 1.42 bits per heavy atom. The molecule has 1 N–H and O–H groups in total. The summed E-state index contributed by atoms with van der Waals surface area (Å²) in [5.74, 6) is 0.151. The van der Waals surface area contributed by atoms with Crippen LogP contribution >= 0.6 is 0 Å². The van der Waals surface area contributed by atoms with Crippen molar-refractivity contribution in [2.75, 3.05) is 32.8 Å². The highest BCUT2D eigenvalue weighted by atomic mass is 16.5. The number of benzene rings is 1. The van der Waals surface area contributed by atoms with Gasteiger partial charge in [0.15, 0.2) is 0 Å². The van der Waals surface area contributed by atoms with Crippen molar-refractivity contribution < 1.29 is 9.53 Å². The van der Waals surface area contributed by atoms with Crippen molar-refractivity contribution in [3.63, 3.8) is 0 Å². The van der Waals surface area contributed by atoms with E-state index in [1.165, 1.54) is 5.56 Å². The Bertz CT molecular complexity index is 388. The lowest BCUT2D eigenvalue weighted by Crippen LogP contribution is -2.52. The molecule has 0 spiro atoms. The van der Waals surface area contributed by atoms with E-state index in [4.69, 9.17) is 4.74 Å². The number of nitrogens with one attached hydrogen (secondary N) is 1. The molecule has 4 heteroatoms. The summed E-state index contributed by atoms with van der Waals surface area (Å²) in [6, 6.07) is 10.1. The zero-order valence-corrected chi connectivity index (χ0v) is 11.5. The number of likely N-dealkylation sites (N-methyl/N-ethyl adjacent to an activating group) is 1. The van der Waals surface area contributed by atoms with Gasteiger partial charge in [-0.15, -0.1) is 0 Å². The van der Waals surface area contributed by atoms with Crippen LogP contribution in [0.1, 0.15) is 12.5 Å². The van der Waals surface area contributed by atoms with Gasteiger partial charge in [-0.1, -0.05) is 30.3 Å². The van der Waals surface area contributed by atoms with Gasteiger partial charge in [0.2, 0.25) is 5.91 Å². The maximum absolute atomic E-state index is 12.3. The van der Waals surface area contributed by atoms with Crippen LogP contribution in [0.15, 0.2) is 30.3 Å². The molecule has 0 saturated carbocycles. The first kappa shape index (κ1) is 14.0. The van der Waals surface area contributed by atoms with Crippen LogP contribution in [0, 0.1) is 0 Å². The third-order valence-electron chi connectivity index (χ3n) is 3.43. The Hall–Kier alpha value is -1.39. The first-order valence-electron chi connectivity index (χ1n) is 6.95. The number of amides is 1. The molecule has 1 amide bonds. The molecule has 1 aromatic carbocycles. The smallest absolute Gasteiger partial charge is 0.242 e. The quantitative estimate of drug-likeness (QED) is 0.863. The molecule has 0 aliphatic carbocycles. The number of hydrogen-bond acceptors (Lipinski definition) is 3. The number of rotatable bonds is 5. The fourth-order valence-corrected chi connectivity index (χ4v) is 2.28. The van der Waals surface area contributed by atoms with Crippen molar-refractivity contribution in [1.29, 1.82) is 0 Å². The van der Waals surface area contributed by atoms with E-state index < -0.39 is 0 Å². The second kappa shape index (κ2) is 7.26. The predicted molar refractivity (Wildman–Crippen MR) is 75.0 cm³/mol. The van der Waals surface area contributed by atoms with E-state index in [1.807, 2.05) is 30.0 Å². The highest BCUT2D eigenvalue weighted by molar-refractivity contribution is 5.82. The number of nitrogens with zero attached hydrogens (tertiary/aromatic N) is 1. The molecule has 4 nitrogen and oxygen atoms in total. The molecule has 1 atom stereocenters. The Morgan fingerprint density at radius 2 is 2.21 bits per heavy atom. The summed E-state index contributed by atoms with van der Waals surface area (Å²) in [5, 5.41) is 3.22. The van der Waals surface area contributed by atoms with Crippen LogP contribution in [0.25, 0.3) is 0 Å². The van der Waals surface area contributed by atoms with E-state index in [2.05, 4.69) is 17.4 Å². The number of carbonyl (C=O) groups excluding carboxylic acids is 1. The van der Waals surface area contributed by atoms with Crippen molar-refractivity contribution in [1.82, 2.24) is 10.2 Å². The van der Waals surface area contributed by atoms with Gasteiger partial charge in [0.05, 0.1) is 13.2 Å². The Labute approximate surface area is 114 Å². The van der Waals surface area contributed by atoms with Crippen LogP contribution < -0.4 is 5.32 Å². The van der Waals surface area contributed by atoms with Crippen LogP contribution in [-0.2, 0) is 16.0 Å². The Kier molecular flexibility index (Phi) is 5.36. The maximum atomic E-state index is 12.3. The molecule has 1 unspecified atom stereocenters. The van der Waals surface area contributed by atoms with Crippen molar-refractivity contribution >= 4 is 5.91 Å². The number of ether oxygens (including phenoxy) is 1. The lowest BCUT2D eigenvalue weighted by atomic mass is 10.1. The minimum atomic E-state index is -0.176. The molecule has 1 aliphatic rings. The summed E-state index contributed by atoms with van der Waals surface area (Å²) >= 11 is 0. The molecular weight excluding hydrogens is 240 g/mol. The van der Waals surface area contributed by atoms with E-state index in [-0.39, 0.29) is 11.9 Å². The van der Waals surface area contributed by atoms with Crippen LogP contribution in [0.5, 0.6) is 0 Å². The molecule has 0 aromatic heterocycles. The van der Waals surface area contributed by atoms with Crippen LogP contribution in [0.3, 0.4) is 0 Å². The summed E-state index contributed by atoms with van der Waals surface area (Å²) in [5.41, 5.74) is 1.27. The molecule has 1 heterocycles. The fraction of sp³-hybridized carbons (Fsp3) is 0.533. The Balaban J connectivity index is 1.86. The molecule has 1 aromatic rings. The van der Waals surface area contributed by atoms with Gasteiger partial charge >= 0.3 is 0 Å². The van der Waals surface area contributed by atoms with Crippen LogP contribution in [0.2, 0.25) is 0 Å². The minimum Gasteiger partial charge on any atom is -0.378 e. The average Bonchev–Trinajstić information content (AvgIpc) is 2.49. The van der Waals surface area contributed by atoms with Crippen molar-refractivity contribution in [3.05, 3.63) is 35.9 Å². The number of hydrogen-bond donors (Lipinski definition) is 1. The molecule has 0 radical (unpaired) electrons. The van der Waals surface area contributed by atoms with E-state index in [0.29, 0.717) is 13.2 Å². The lowest BCUT2D eigenvalue weighted by molar-refractivity contribution is -0.136. The van der Waals surface area contributed by atoms with Gasteiger partial charge in [-0.3, -0.25) is 4.79 Å². The second-order valence-electron chi connectivity index (χ2n) is 4.74. The monoisotopic (exact) mass is 262 g/mol. The van der Waals surface area contributed by atoms with Crippen molar-refractivity contribution in [3.8, 4) is 0 Å². The van der Waals surface area contributed by atoms with E-state index in [0.717, 1.165) is 26.1 Å². The number of morpholine rings is 1. The average molecular weight is 262 g/mol. The summed E-state index contributed by atoms with van der Waals surface area (Å²) in [6.45, 7) is 5.46. The molecular formula is C15H22N2O2. The zero-order valence-electron chi connectivity index (χ0n) is 11.5. The molecule has 0 bridgehead atoms. The van der Waals surface area contributed by atoms with Crippen LogP contribution in [0.4, 0.5) is 0 Å². The zero-order chi connectivity index (χ0) is 13.5. The highest BCUT2D eigenvalue weighted by Crippen LogP contribution is 2.04. The van der Waals surface area contributed by atoms with Crippen LogP contribution in [-0.4, -0.2) is 49.7 Å². The molecule has 2 rings (SSSR count). The van der Waals surface area contributed by atoms with Gasteiger partial charge < -0.3 is 15.0 Å². The van der Waals surface area contributed by atoms with E-state index in [9.17, 15) is 4.79 Å². The fourth-order valence-electron chi connectivity index (χ4n) is 2.28. The predicted octanol–water partition coefficient (Wildman–Crippen LogP) is 1.07. The lowest BCUT2D eigenvalue weighted by Gasteiger charge is -2.29. The molecule has 1 aliphatic heterocycles. The van der Waals surface area contributed by atoms with Crippen molar-refractivity contribution in [2.24, 2.45) is 0 Å². The summed E-state index contributed by atoms with van der Waals surface area (Å²) in [6.07, 6.45) is 0.897. The molecule has 104 valence electrons. The number of carbonyl (C=O) groups is 1. The SMILES string of the molecule is CCN(CCc1ccccc1)C(=O)C1COCCN1. The summed E-state index contributed by atoms with van der Waals surface area (Å²) in [4.78, 5) is 14.2. The largest absolute Gasteiger partial charge is 0.378 e. The highest BCUT2D eigenvalue weighted by Gasteiger charge is 2.25. The molecule has 19 heavy (non-hydrogen) atoms. The standard InChI is InChI=1S/C15H22N2O2/c1-2-17(10-8-13-6-4-3-5-7-13)15(18)14-12-19-11-9-16-14/h3-7,14,16H,2,8-12H2,1H3. The van der Waals surface area contributed by atoms with E-state index >= 15 is 0 Å². The first-order valence-corrected chi connectivity index (χ1v) is 6.95. The third-order valence-corrected chi connectivity index (χ3v) is 3.43. The van der Waals surface area contributed by atoms with Gasteiger partial charge in [-0.25, -0.2) is 0 Å². The van der Waals surface area contributed by atoms with Crippen molar-refractivity contribution in [2.45, 2.75) is 19.4 Å². The van der Waals surface area contributed by atoms with Gasteiger partial charge in [-0.2, -0.15) is 0 Å². The maximum Gasteiger partial charge on any atom is 0.242 e. The summed E-state index contributed by atoms with van der Waals surface area (Å²) < 4.78 is 5.35. The second-order valence-corrected chi connectivity index (χ2v) is 4.74. The minimum absolute atomic E-state index is 0.151. The van der Waals surface area contributed by atoms with Gasteiger partial charge in [0.1, 0.15) is 6.04 Å². The normalized spacial score (nSPS) is 19.1. The summed E-state index contributed by atoms with van der Waals surface area (Å²) in [7, 11) is 0. The molecule has 1 saturated heterocycles. The van der Waals surface area contributed by atoms with Gasteiger partial charge in [0, 0.05) is 19.6 Å². The van der Waals surface area contributed by atoms with E-state index in [1.54, 1.807) is 0 Å². The topological polar surface area (TPSA) is 41.6 Å². The Morgan fingerprint density at radius 3 is 2.84 bits per heavy atom. The third kappa shape index (κ3) is 4.04. The van der Waals surface area contributed by atoms with Gasteiger partial charge in [-0.05, 0) is 18.9 Å². The molecule has 1 fully saturated rings. The first-order chi connectivity index (χ1) is 9.31.